The fourth-order valence-corrected chi connectivity index (χ4v) is 3.53. The van der Waals surface area contributed by atoms with Crippen molar-refractivity contribution in [3.05, 3.63) is 23.5 Å². The highest BCUT2D eigenvalue weighted by molar-refractivity contribution is 7.15. The largest absolute Gasteiger partial charge is 0.325 e. The lowest BCUT2D eigenvalue weighted by Crippen LogP contribution is -2.39. The van der Waals surface area contributed by atoms with Gasteiger partial charge in [-0.15, -0.1) is 11.3 Å². The summed E-state index contributed by atoms with van der Waals surface area (Å²) in [6, 6.07) is 0. The van der Waals surface area contributed by atoms with Crippen molar-refractivity contribution in [1.82, 2.24) is 9.38 Å². The molecule has 16 heavy (non-hydrogen) atoms. The molecule has 3 nitrogen and oxygen atoms in total. The molecule has 2 unspecified atom stereocenters. The fraction of sp³-hybridized carbons (Fsp3) is 0.583. The van der Waals surface area contributed by atoms with Crippen LogP contribution < -0.4 is 5.73 Å². The molecule has 2 N–H and O–H groups in total. The number of hydrogen-bond donors (Lipinski definition) is 1. The number of rotatable bonds is 2. The Morgan fingerprint density at radius 3 is 3.25 bits per heavy atom. The zero-order valence-electron chi connectivity index (χ0n) is 9.52. The van der Waals surface area contributed by atoms with Gasteiger partial charge in [0.25, 0.3) is 0 Å². The van der Waals surface area contributed by atoms with E-state index in [-0.39, 0.29) is 5.54 Å². The molecule has 0 aromatic carbocycles. The molecule has 0 bridgehead atoms. The van der Waals surface area contributed by atoms with Gasteiger partial charge in [-0.05, 0) is 25.2 Å². The van der Waals surface area contributed by atoms with Crippen molar-refractivity contribution in [1.29, 1.82) is 0 Å². The van der Waals surface area contributed by atoms with Gasteiger partial charge in [-0.25, -0.2) is 4.98 Å². The third-order valence-electron chi connectivity index (χ3n) is 3.57. The molecule has 0 spiro atoms. The Bertz CT molecular complexity index is 473. The molecule has 3 rings (SSSR count). The number of thiazole rings is 1. The first-order valence-electron chi connectivity index (χ1n) is 5.85. The molecule has 2 aromatic rings. The van der Waals surface area contributed by atoms with Crippen LogP contribution in [0.5, 0.6) is 0 Å². The van der Waals surface area contributed by atoms with E-state index in [0.717, 1.165) is 35.8 Å². The van der Waals surface area contributed by atoms with E-state index in [0.29, 0.717) is 0 Å². The summed E-state index contributed by atoms with van der Waals surface area (Å²) in [6.45, 7) is 2.29. The van der Waals surface area contributed by atoms with Gasteiger partial charge < -0.3 is 5.73 Å². The SMILES string of the molecule is CC1CCC(N)(Cc2cn3ccsc3n2)C1. The zero-order valence-corrected chi connectivity index (χ0v) is 10.3. The Kier molecular flexibility index (Phi) is 2.30. The minimum atomic E-state index is -0.0105. The topological polar surface area (TPSA) is 43.3 Å². The van der Waals surface area contributed by atoms with Crippen molar-refractivity contribution in [2.24, 2.45) is 11.7 Å². The molecule has 2 heterocycles. The van der Waals surface area contributed by atoms with Crippen LogP contribution in [0, 0.1) is 5.92 Å². The second-order valence-electron chi connectivity index (χ2n) is 5.21. The summed E-state index contributed by atoms with van der Waals surface area (Å²) < 4.78 is 2.09. The normalized spacial score (nSPS) is 30.2. The molecule has 2 atom stereocenters. The van der Waals surface area contributed by atoms with E-state index in [1.807, 2.05) is 0 Å². The maximum atomic E-state index is 6.43. The lowest BCUT2D eigenvalue weighted by molar-refractivity contribution is 0.416. The van der Waals surface area contributed by atoms with Crippen LogP contribution in [0.3, 0.4) is 0 Å². The first-order chi connectivity index (χ1) is 7.65. The third-order valence-corrected chi connectivity index (χ3v) is 4.34. The number of imidazole rings is 1. The summed E-state index contributed by atoms with van der Waals surface area (Å²) in [6.07, 6.45) is 8.63. The molecule has 0 aliphatic heterocycles. The van der Waals surface area contributed by atoms with Crippen LogP contribution in [0.4, 0.5) is 0 Å². The highest BCUT2D eigenvalue weighted by Gasteiger charge is 2.34. The van der Waals surface area contributed by atoms with Gasteiger partial charge in [-0.3, -0.25) is 4.40 Å². The van der Waals surface area contributed by atoms with Gasteiger partial charge in [-0.2, -0.15) is 0 Å². The lowest BCUT2D eigenvalue weighted by atomic mass is 9.92. The van der Waals surface area contributed by atoms with Crippen molar-refractivity contribution < 1.29 is 0 Å². The summed E-state index contributed by atoms with van der Waals surface area (Å²) in [5.41, 5.74) is 7.56. The minimum absolute atomic E-state index is 0.0105. The van der Waals surface area contributed by atoms with Crippen LogP contribution >= 0.6 is 11.3 Å². The second kappa shape index (κ2) is 3.57. The van der Waals surface area contributed by atoms with Gasteiger partial charge in [0, 0.05) is 29.7 Å². The molecule has 0 radical (unpaired) electrons. The summed E-state index contributed by atoms with van der Waals surface area (Å²) in [5.74, 6) is 0.772. The Morgan fingerprint density at radius 2 is 2.56 bits per heavy atom. The van der Waals surface area contributed by atoms with E-state index < -0.39 is 0 Å². The van der Waals surface area contributed by atoms with Gasteiger partial charge in [0.2, 0.25) is 0 Å². The van der Waals surface area contributed by atoms with E-state index >= 15 is 0 Å². The molecule has 1 aliphatic rings. The molecular weight excluding hydrogens is 218 g/mol. The van der Waals surface area contributed by atoms with Gasteiger partial charge in [0.15, 0.2) is 4.96 Å². The molecular formula is C12H17N3S. The molecule has 1 fully saturated rings. The average molecular weight is 235 g/mol. The van der Waals surface area contributed by atoms with Crippen LogP contribution in [0.25, 0.3) is 4.96 Å². The standard InChI is InChI=1S/C12H17N3S/c1-9-2-3-12(13,6-9)7-10-8-15-4-5-16-11(15)14-10/h4-5,8-9H,2-3,6-7,13H2,1H3. The predicted octanol–water partition coefficient (Wildman–Crippen LogP) is 2.46. The molecule has 0 saturated heterocycles. The number of nitrogens with zero attached hydrogens (tertiary/aromatic N) is 2. The van der Waals surface area contributed by atoms with Crippen molar-refractivity contribution in [3.8, 4) is 0 Å². The van der Waals surface area contributed by atoms with Crippen LogP contribution in [0.15, 0.2) is 17.8 Å². The number of aromatic nitrogens is 2. The molecule has 86 valence electrons. The first kappa shape index (κ1) is 10.3. The van der Waals surface area contributed by atoms with E-state index in [1.165, 1.54) is 6.42 Å². The molecule has 0 amide bonds. The van der Waals surface area contributed by atoms with E-state index in [2.05, 4.69) is 34.1 Å². The van der Waals surface area contributed by atoms with Crippen LogP contribution in [0.1, 0.15) is 31.9 Å². The summed E-state index contributed by atoms with van der Waals surface area (Å²) >= 11 is 1.68. The molecule has 2 aromatic heterocycles. The third kappa shape index (κ3) is 1.76. The van der Waals surface area contributed by atoms with Crippen molar-refractivity contribution in [3.63, 3.8) is 0 Å². The van der Waals surface area contributed by atoms with Crippen molar-refractivity contribution in [2.45, 2.75) is 38.1 Å². The zero-order chi connectivity index (χ0) is 11.2. The molecule has 1 saturated carbocycles. The Labute approximate surface area is 99.3 Å². The van der Waals surface area contributed by atoms with Gasteiger partial charge in [0.1, 0.15) is 0 Å². The maximum Gasteiger partial charge on any atom is 0.193 e. The minimum Gasteiger partial charge on any atom is -0.325 e. The van der Waals surface area contributed by atoms with Gasteiger partial charge in [0.05, 0.1) is 5.69 Å². The smallest absolute Gasteiger partial charge is 0.193 e. The van der Waals surface area contributed by atoms with E-state index in [9.17, 15) is 0 Å². The van der Waals surface area contributed by atoms with Crippen LogP contribution in [-0.2, 0) is 6.42 Å². The lowest BCUT2D eigenvalue weighted by Gasteiger charge is -2.22. The van der Waals surface area contributed by atoms with Crippen LogP contribution in [-0.4, -0.2) is 14.9 Å². The Balaban J connectivity index is 1.82. The monoisotopic (exact) mass is 235 g/mol. The Hall–Kier alpha value is -0.870. The fourth-order valence-electron chi connectivity index (χ4n) is 2.81. The maximum absolute atomic E-state index is 6.43. The quantitative estimate of drug-likeness (QED) is 0.869. The highest BCUT2D eigenvalue weighted by atomic mass is 32.1. The second-order valence-corrected chi connectivity index (χ2v) is 6.09. The van der Waals surface area contributed by atoms with E-state index in [1.54, 1.807) is 11.3 Å². The molecule has 1 aliphatic carbocycles. The molecule has 4 heteroatoms. The highest BCUT2D eigenvalue weighted by Crippen LogP contribution is 2.34. The van der Waals surface area contributed by atoms with Crippen molar-refractivity contribution in [2.75, 3.05) is 0 Å². The summed E-state index contributed by atoms with van der Waals surface area (Å²) in [4.78, 5) is 5.68. The Morgan fingerprint density at radius 1 is 1.69 bits per heavy atom. The number of hydrogen-bond acceptors (Lipinski definition) is 3. The van der Waals surface area contributed by atoms with E-state index in [4.69, 9.17) is 5.73 Å². The van der Waals surface area contributed by atoms with Crippen molar-refractivity contribution >= 4 is 16.3 Å². The number of fused-ring (bicyclic) bond motifs is 1. The van der Waals surface area contributed by atoms with Gasteiger partial charge >= 0.3 is 0 Å². The van der Waals surface area contributed by atoms with Crippen LogP contribution in [0.2, 0.25) is 0 Å². The first-order valence-corrected chi connectivity index (χ1v) is 6.73. The van der Waals surface area contributed by atoms with Gasteiger partial charge in [-0.1, -0.05) is 6.92 Å². The predicted molar refractivity (Wildman–Crippen MR) is 66.7 cm³/mol. The summed E-state index contributed by atoms with van der Waals surface area (Å²) in [7, 11) is 0. The average Bonchev–Trinajstić information content (AvgIpc) is 2.81. The number of nitrogens with two attached hydrogens (primary N) is 1. The summed E-state index contributed by atoms with van der Waals surface area (Å²) in [5, 5.41) is 2.06.